The van der Waals surface area contributed by atoms with E-state index in [1.165, 1.54) is 5.56 Å². The van der Waals surface area contributed by atoms with E-state index in [2.05, 4.69) is 12.2 Å². The van der Waals surface area contributed by atoms with Gasteiger partial charge in [0.2, 0.25) is 0 Å². The summed E-state index contributed by atoms with van der Waals surface area (Å²) in [7, 11) is 1.93. The molecule has 2 N–H and O–H groups in total. The minimum Gasteiger partial charge on any atom is -0.459 e. The Kier molecular flexibility index (Phi) is 8.12. The Morgan fingerprint density at radius 1 is 1.15 bits per heavy atom. The summed E-state index contributed by atoms with van der Waals surface area (Å²) in [5.41, 5.74) is 2.64. The van der Waals surface area contributed by atoms with Crippen LogP contribution in [0.25, 0.3) is 0 Å². The molecule has 140 valence electrons. The third-order valence-electron chi connectivity index (χ3n) is 3.92. The van der Waals surface area contributed by atoms with Gasteiger partial charge in [0.05, 0.1) is 5.56 Å². The summed E-state index contributed by atoms with van der Waals surface area (Å²) < 4.78 is 5.23. The third kappa shape index (κ3) is 6.86. The first-order valence-electron chi connectivity index (χ1n) is 9.00. The summed E-state index contributed by atoms with van der Waals surface area (Å²) in [5.74, 6) is -0.420. The van der Waals surface area contributed by atoms with Crippen LogP contribution in [0, 0.1) is 0 Å². The molecular weight excluding hydrogens is 328 g/mol. The molecule has 0 heterocycles. The Labute approximate surface area is 155 Å². The van der Waals surface area contributed by atoms with Crippen LogP contribution in [0.1, 0.15) is 29.3 Å². The average Bonchev–Trinajstić information content (AvgIpc) is 2.65. The van der Waals surface area contributed by atoms with Crippen molar-refractivity contribution < 1.29 is 14.6 Å². The molecule has 5 heteroatoms. The van der Waals surface area contributed by atoms with Crippen molar-refractivity contribution in [1.82, 2.24) is 4.90 Å². The number of esters is 1. The van der Waals surface area contributed by atoms with Crippen molar-refractivity contribution in [2.75, 3.05) is 32.1 Å². The molecule has 2 aromatic carbocycles. The number of hydrogen-bond donors (Lipinski definition) is 2. The lowest BCUT2D eigenvalue weighted by atomic mass is 10.2. The minimum absolute atomic E-state index is 0.0200. The number of carbonyl (C=O) groups is 1. The molecule has 1 unspecified atom stereocenters. The lowest BCUT2D eigenvalue weighted by molar-refractivity contribution is 0.0174. The molecule has 0 amide bonds. The molecule has 26 heavy (non-hydrogen) atoms. The normalized spacial score (nSPS) is 12.0. The fraction of sp³-hybridized carbons (Fsp3) is 0.381. The molecule has 0 aromatic heterocycles. The second-order valence-electron chi connectivity index (χ2n) is 6.44. The van der Waals surface area contributed by atoms with E-state index in [-0.39, 0.29) is 6.61 Å². The average molecular weight is 356 g/mol. The van der Waals surface area contributed by atoms with Gasteiger partial charge in [-0.25, -0.2) is 4.79 Å². The molecule has 0 spiro atoms. The highest BCUT2D eigenvalue weighted by atomic mass is 16.5. The SMILES string of the molecule is CCCNc1ccc(C(=O)OCC(O)CN(C)Cc2ccccc2)cc1. The molecule has 1 atom stereocenters. The number of likely N-dealkylation sites (N-methyl/N-ethyl adjacent to an activating group) is 1. The molecule has 0 fully saturated rings. The maximum Gasteiger partial charge on any atom is 0.338 e. The van der Waals surface area contributed by atoms with E-state index in [1.54, 1.807) is 12.1 Å². The molecule has 2 rings (SSSR count). The monoisotopic (exact) mass is 356 g/mol. The van der Waals surface area contributed by atoms with Crippen LogP contribution in [0.5, 0.6) is 0 Å². The number of aliphatic hydroxyl groups is 1. The van der Waals surface area contributed by atoms with Crippen LogP contribution < -0.4 is 5.32 Å². The van der Waals surface area contributed by atoms with Gasteiger partial charge in [-0.1, -0.05) is 37.3 Å². The number of benzene rings is 2. The van der Waals surface area contributed by atoms with Crippen LogP contribution in [0.2, 0.25) is 0 Å². The van der Waals surface area contributed by atoms with Gasteiger partial charge in [0, 0.05) is 25.3 Å². The van der Waals surface area contributed by atoms with Crippen LogP contribution >= 0.6 is 0 Å². The Balaban J connectivity index is 1.73. The van der Waals surface area contributed by atoms with Crippen LogP contribution in [0.4, 0.5) is 5.69 Å². The van der Waals surface area contributed by atoms with Gasteiger partial charge in [-0.2, -0.15) is 0 Å². The zero-order valence-corrected chi connectivity index (χ0v) is 15.5. The lowest BCUT2D eigenvalue weighted by Crippen LogP contribution is -2.32. The Morgan fingerprint density at radius 2 is 1.85 bits per heavy atom. The van der Waals surface area contributed by atoms with Crippen LogP contribution in [0.15, 0.2) is 54.6 Å². The summed E-state index contributed by atoms with van der Waals surface area (Å²) >= 11 is 0. The number of ether oxygens (including phenoxy) is 1. The van der Waals surface area contributed by atoms with Crippen molar-refractivity contribution in [3.63, 3.8) is 0 Å². The first-order valence-corrected chi connectivity index (χ1v) is 9.00. The van der Waals surface area contributed by atoms with Gasteiger partial charge in [0.15, 0.2) is 0 Å². The predicted molar refractivity (Wildman–Crippen MR) is 104 cm³/mol. The van der Waals surface area contributed by atoms with E-state index < -0.39 is 12.1 Å². The van der Waals surface area contributed by atoms with Crippen LogP contribution in [-0.4, -0.2) is 48.8 Å². The van der Waals surface area contributed by atoms with Crippen molar-refractivity contribution >= 4 is 11.7 Å². The van der Waals surface area contributed by atoms with Gasteiger partial charge >= 0.3 is 5.97 Å². The highest BCUT2D eigenvalue weighted by molar-refractivity contribution is 5.89. The van der Waals surface area contributed by atoms with Gasteiger partial charge < -0.3 is 15.2 Å². The smallest absolute Gasteiger partial charge is 0.338 e. The number of rotatable bonds is 10. The number of carbonyl (C=O) groups excluding carboxylic acids is 1. The molecule has 0 aliphatic rings. The van der Waals surface area contributed by atoms with Crippen molar-refractivity contribution in [2.24, 2.45) is 0 Å². The van der Waals surface area contributed by atoms with Gasteiger partial charge in [-0.3, -0.25) is 4.90 Å². The Hall–Kier alpha value is -2.37. The Morgan fingerprint density at radius 3 is 2.50 bits per heavy atom. The van der Waals surface area contributed by atoms with Gasteiger partial charge in [0.25, 0.3) is 0 Å². The maximum atomic E-state index is 12.1. The topological polar surface area (TPSA) is 61.8 Å². The fourth-order valence-corrected chi connectivity index (χ4v) is 2.62. The molecule has 5 nitrogen and oxygen atoms in total. The summed E-state index contributed by atoms with van der Waals surface area (Å²) in [6.45, 7) is 4.14. The van der Waals surface area contributed by atoms with Gasteiger partial charge in [-0.05, 0) is 43.3 Å². The number of nitrogens with one attached hydrogen (secondary N) is 1. The van der Waals surface area contributed by atoms with Gasteiger partial charge in [0.1, 0.15) is 12.7 Å². The fourth-order valence-electron chi connectivity index (χ4n) is 2.62. The first-order chi connectivity index (χ1) is 12.6. The quantitative estimate of drug-likeness (QED) is 0.640. The standard InChI is InChI=1S/C21H28N2O3/c1-3-13-22-19-11-9-18(10-12-19)21(25)26-16-20(24)15-23(2)14-17-7-5-4-6-8-17/h4-12,20,22,24H,3,13-16H2,1-2H3. The highest BCUT2D eigenvalue weighted by Crippen LogP contribution is 2.11. The number of aliphatic hydroxyl groups excluding tert-OH is 1. The zero-order valence-electron chi connectivity index (χ0n) is 15.5. The van der Waals surface area contributed by atoms with Crippen molar-refractivity contribution in [2.45, 2.75) is 26.0 Å². The van der Waals surface area contributed by atoms with Crippen molar-refractivity contribution in [1.29, 1.82) is 0 Å². The van der Waals surface area contributed by atoms with Crippen LogP contribution in [0.3, 0.4) is 0 Å². The Bertz CT molecular complexity index is 659. The largest absolute Gasteiger partial charge is 0.459 e. The lowest BCUT2D eigenvalue weighted by Gasteiger charge is -2.20. The second kappa shape index (κ2) is 10.6. The third-order valence-corrected chi connectivity index (χ3v) is 3.92. The summed E-state index contributed by atoms with van der Waals surface area (Å²) in [5, 5.41) is 13.4. The molecule has 0 saturated carbocycles. The maximum absolute atomic E-state index is 12.1. The summed E-state index contributed by atoms with van der Waals surface area (Å²) in [4.78, 5) is 14.1. The molecule has 2 aromatic rings. The molecular formula is C21H28N2O3. The van der Waals surface area contributed by atoms with E-state index in [9.17, 15) is 9.90 Å². The minimum atomic E-state index is -0.724. The summed E-state index contributed by atoms with van der Waals surface area (Å²) in [6.07, 6.45) is 0.318. The van der Waals surface area contributed by atoms with E-state index in [0.29, 0.717) is 12.1 Å². The number of hydrogen-bond acceptors (Lipinski definition) is 5. The molecule has 0 saturated heterocycles. The molecule has 0 aliphatic heterocycles. The highest BCUT2D eigenvalue weighted by Gasteiger charge is 2.13. The molecule has 0 aliphatic carbocycles. The van der Waals surface area contributed by atoms with Gasteiger partial charge in [-0.15, -0.1) is 0 Å². The van der Waals surface area contributed by atoms with Crippen molar-refractivity contribution in [3.8, 4) is 0 Å². The van der Waals surface area contributed by atoms with E-state index in [4.69, 9.17) is 4.74 Å². The number of anilines is 1. The zero-order chi connectivity index (χ0) is 18.8. The number of nitrogens with zero attached hydrogens (tertiary/aromatic N) is 1. The van der Waals surface area contributed by atoms with E-state index in [0.717, 1.165) is 25.2 Å². The van der Waals surface area contributed by atoms with E-state index >= 15 is 0 Å². The molecule has 0 radical (unpaired) electrons. The van der Waals surface area contributed by atoms with E-state index in [1.807, 2.05) is 54.4 Å². The predicted octanol–water partition coefficient (Wildman–Crippen LogP) is 3.16. The first kappa shape index (κ1) is 19.9. The molecule has 0 bridgehead atoms. The summed E-state index contributed by atoms with van der Waals surface area (Å²) in [6, 6.07) is 17.2. The van der Waals surface area contributed by atoms with Crippen molar-refractivity contribution in [3.05, 3.63) is 65.7 Å². The van der Waals surface area contributed by atoms with Crippen LogP contribution in [-0.2, 0) is 11.3 Å². The second-order valence-corrected chi connectivity index (χ2v) is 6.44.